The third-order valence-corrected chi connectivity index (χ3v) is 3.63. The van der Waals surface area contributed by atoms with E-state index in [1.54, 1.807) is 6.92 Å². The van der Waals surface area contributed by atoms with Gasteiger partial charge in [0, 0.05) is 5.57 Å². The smallest absolute Gasteiger partial charge is 0.347 e. The van der Waals surface area contributed by atoms with E-state index in [0.29, 0.717) is 5.57 Å². The summed E-state index contributed by atoms with van der Waals surface area (Å²) in [5.74, 6) is -1.29. The predicted molar refractivity (Wildman–Crippen MR) is 85.3 cm³/mol. The molecule has 116 valence electrons. The van der Waals surface area contributed by atoms with Crippen LogP contribution in [0.2, 0.25) is 0 Å². The van der Waals surface area contributed by atoms with E-state index in [2.05, 4.69) is 0 Å². The fraction of sp³-hybridized carbons (Fsp3) is 0.158. The van der Waals surface area contributed by atoms with Gasteiger partial charge < -0.3 is 9.47 Å². The monoisotopic (exact) mass is 308 g/mol. The van der Waals surface area contributed by atoms with Gasteiger partial charge in [-0.2, -0.15) is 0 Å². The summed E-state index contributed by atoms with van der Waals surface area (Å²) in [6, 6.07) is 18.7. The second kappa shape index (κ2) is 6.48. The molecule has 0 saturated carbocycles. The summed E-state index contributed by atoms with van der Waals surface area (Å²) >= 11 is 0. The summed E-state index contributed by atoms with van der Waals surface area (Å²) in [6.07, 6.45) is -0.606. The van der Waals surface area contributed by atoms with Crippen LogP contribution in [0.15, 0.2) is 66.2 Å². The van der Waals surface area contributed by atoms with Crippen molar-refractivity contribution < 1.29 is 19.1 Å². The van der Waals surface area contributed by atoms with Gasteiger partial charge in [0.05, 0.1) is 6.61 Å². The van der Waals surface area contributed by atoms with E-state index < -0.39 is 18.0 Å². The van der Waals surface area contributed by atoms with Crippen molar-refractivity contribution in [2.45, 2.75) is 13.0 Å². The fourth-order valence-electron chi connectivity index (χ4n) is 2.64. The van der Waals surface area contributed by atoms with Crippen LogP contribution in [-0.4, -0.2) is 18.5 Å². The number of hydrogen-bond donors (Lipinski definition) is 0. The summed E-state index contributed by atoms with van der Waals surface area (Å²) in [4.78, 5) is 24.5. The van der Waals surface area contributed by atoms with Crippen LogP contribution in [0, 0.1) is 0 Å². The van der Waals surface area contributed by atoms with Gasteiger partial charge in [0.2, 0.25) is 0 Å². The van der Waals surface area contributed by atoms with Crippen LogP contribution in [0.25, 0.3) is 5.57 Å². The van der Waals surface area contributed by atoms with Crippen molar-refractivity contribution in [3.8, 4) is 0 Å². The second-order valence-corrected chi connectivity index (χ2v) is 5.07. The van der Waals surface area contributed by atoms with Gasteiger partial charge in [0.25, 0.3) is 0 Å². The summed E-state index contributed by atoms with van der Waals surface area (Å²) in [6.45, 7) is 1.91. The van der Waals surface area contributed by atoms with Gasteiger partial charge in [-0.05, 0) is 18.1 Å². The van der Waals surface area contributed by atoms with E-state index in [1.807, 2.05) is 60.7 Å². The lowest BCUT2D eigenvalue weighted by molar-refractivity contribution is -0.146. The SMILES string of the molecule is CCOC(=O)C1=C(c2ccccc2)C(c2ccccc2)OC1=O. The highest BCUT2D eigenvalue weighted by Crippen LogP contribution is 2.41. The molecule has 0 bridgehead atoms. The molecule has 1 heterocycles. The Morgan fingerprint density at radius 1 is 1.04 bits per heavy atom. The Morgan fingerprint density at radius 2 is 1.65 bits per heavy atom. The first-order valence-electron chi connectivity index (χ1n) is 7.45. The lowest BCUT2D eigenvalue weighted by Crippen LogP contribution is -2.14. The molecule has 2 aromatic rings. The van der Waals surface area contributed by atoms with Gasteiger partial charge in [-0.25, -0.2) is 9.59 Å². The van der Waals surface area contributed by atoms with Crippen LogP contribution in [0.5, 0.6) is 0 Å². The topological polar surface area (TPSA) is 52.6 Å². The highest BCUT2D eigenvalue weighted by molar-refractivity contribution is 6.22. The molecule has 0 N–H and O–H groups in total. The minimum atomic E-state index is -0.644. The molecule has 1 aliphatic heterocycles. The van der Waals surface area contributed by atoms with E-state index in [9.17, 15) is 9.59 Å². The molecule has 3 rings (SSSR count). The van der Waals surface area contributed by atoms with E-state index in [-0.39, 0.29) is 12.2 Å². The van der Waals surface area contributed by atoms with Crippen molar-refractivity contribution in [1.29, 1.82) is 0 Å². The van der Waals surface area contributed by atoms with Crippen LogP contribution >= 0.6 is 0 Å². The Hall–Kier alpha value is -2.88. The van der Waals surface area contributed by atoms with E-state index in [1.165, 1.54) is 0 Å². The Bertz CT molecular complexity index is 747. The minimum absolute atomic E-state index is 0.0214. The second-order valence-electron chi connectivity index (χ2n) is 5.07. The maximum absolute atomic E-state index is 12.3. The minimum Gasteiger partial charge on any atom is -0.462 e. The van der Waals surface area contributed by atoms with Gasteiger partial charge in [-0.1, -0.05) is 60.7 Å². The third-order valence-electron chi connectivity index (χ3n) is 3.63. The molecule has 0 aliphatic carbocycles. The fourth-order valence-corrected chi connectivity index (χ4v) is 2.64. The zero-order chi connectivity index (χ0) is 16.2. The number of rotatable bonds is 4. The normalized spacial score (nSPS) is 17.1. The predicted octanol–water partition coefficient (Wildman–Crippen LogP) is 3.30. The first-order valence-corrected chi connectivity index (χ1v) is 7.45. The molecule has 0 spiro atoms. The number of esters is 2. The molecule has 0 radical (unpaired) electrons. The van der Waals surface area contributed by atoms with Gasteiger partial charge >= 0.3 is 11.9 Å². The van der Waals surface area contributed by atoms with Gasteiger partial charge in [-0.3, -0.25) is 0 Å². The largest absolute Gasteiger partial charge is 0.462 e. The molecular formula is C19H16O4. The average Bonchev–Trinajstić information content (AvgIpc) is 2.94. The molecule has 4 heteroatoms. The van der Waals surface area contributed by atoms with Crippen molar-refractivity contribution in [3.05, 3.63) is 77.4 Å². The van der Waals surface area contributed by atoms with Crippen molar-refractivity contribution in [3.63, 3.8) is 0 Å². The number of benzene rings is 2. The Kier molecular flexibility index (Phi) is 4.24. The maximum atomic E-state index is 12.3. The molecule has 0 amide bonds. The number of carbonyl (C=O) groups excluding carboxylic acids is 2. The zero-order valence-corrected chi connectivity index (χ0v) is 12.7. The molecule has 0 saturated heterocycles. The molecule has 0 aromatic heterocycles. The third kappa shape index (κ3) is 2.88. The summed E-state index contributed by atoms with van der Waals surface area (Å²) in [7, 11) is 0. The standard InChI is InChI=1S/C19H16O4/c1-2-22-18(20)16-15(13-9-5-3-6-10-13)17(23-19(16)21)14-11-7-4-8-12-14/h3-12,17H,2H2,1H3. The first kappa shape index (κ1) is 15.0. The highest BCUT2D eigenvalue weighted by atomic mass is 16.6. The van der Waals surface area contributed by atoms with E-state index in [4.69, 9.17) is 9.47 Å². The van der Waals surface area contributed by atoms with Gasteiger partial charge in [0.1, 0.15) is 0 Å². The van der Waals surface area contributed by atoms with Crippen LogP contribution in [-0.2, 0) is 19.1 Å². The lowest BCUT2D eigenvalue weighted by Gasteiger charge is -2.14. The average molecular weight is 308 g/mol. The molecular weight excluding hydrogens is 292 g/mol. The Labute approximate surface area is 134 Å². The number of cyclic esters (lactones) is 1. The van der Waals surface area contributed by atoms with Gasteiger partial charge in [0.15, 0.2) is 11.7 Å². The Morgan fingerprint density at radius 3 is 2.26 bits per heavy atom. The first-order chi connectivity index (χ1) is 11.2. The van der Waals surface area contributed by atoms with Crippen LogP contribution in [0.4, 0.5) is 0 Å². The highest BCUT2D eigenvalue weighted by Gasteiger charge is 2.40. The number of hydrogen-bond acceptors (Lipinski definition) is 4. The zero-order valence-electron chi connectivity index (χ0n) is 12.7. The van der Waals surface area contributed by atoms with Crippen molar-refractivity contribution in [2.75, 3.05) is 6.61 Å². The van der Waals surface area contributed by atoms with Crippen LogP contribution in [0.1, 0.15) is 24.2 Å². The van der Waals surface area contributed by atoms with E-state index >= 15 is 0 Å². The van der Waals surface area contributed by atoms with Crippen LogP contribution in [0.3, 0.4) is 0 Å². The molecule has 1 aliphatic rings. The molecule has 4 nitrogen and oxygen atoms in total. The molecule has 1 atom stereocenters. The molecule has 2 aromatic carbocycles. The van der Waals surface area contributed by atoms with E-state index in [0.717, 1.165) is 11.1 Å². The number of carbonyl (C=O) groups is 2. The molecule has 1 unspecified atom stereocenters. The molecule has 0 fully saturated rings. The summed E-state index contributed by atoms with van der Waals surface area (Å²) in [5.41, 5.74) is 2.13. The lowest BCUT2D eigenvalue weighted by atomic mass is 9.93. The number of ether oxygens (including phenoxy) is 2. The quantitative estimate of drug-likeness (QED) is 0.642. The maximum Gasteiger partial charge on any atom is 0.347 e. The van der Waals surface area contributed by atoms with Gasteiger partial charge in [-0.15, -0.1) is 0 Å². The summed E-state index contributed by atoms with van der Waals surface area (Å²) < 4.78 is 10.5. The van der Waals surface area contributed by atoms with Crippen molar-refractivity contribution in [1.82, 2.24) is 0 Å². The summed E-state index contributed by atoms with van der Waals surface area (Å²) in [5, 5.41) is 0. The van der Waals surface area contributed by atoms with Crippen LogP contribution < -0.4 is 0 Å². The van der Waals surface area contributed by atoms with Crippen molar-refractivity contribution in [2.24, 2.45) is 0 Å². The molecule has 23 heavy (non-hydrogen) atoms. The van der Waals surface area contributed by atoms with Crippen molar-refractivity contribution >= 4 is 17.5 Å². The Balaban J connectivity index is 2.15.